The molecule has 0 radical (unpaired) electrons. The number of nitrogens with two attached hydrogens (primary N) is 1. The topological polar surface area (TPSA) is 64.3 Å². The van der Waals surface area contributed by atoms with E-state index < -0.39 is 0 Å². The Hall–Kier alpha value is -0.820. The second-order valence-electron chi connectivity index (χ2n) is 2.68. The van der Waals surface area contributed by atoms with Crippen LogP contribution in [0.25, 0.3) is 0 Å². The predicted octanol–water partition coefficient (Wildman–Crippen LogP) is 1.29. The van der Waals surface area contributed by atoms with Crippen molar-refractivity contribution in [1.29, 1.82) is 0 Å². The molecule has 1 aromatic carbocycles. The van der Waals surface area contributed by atoms with Crippen LogP contribution in [0.3, 0.4) is 0 Å². The van der Waals surface area contributed by atoms with E-state index in [-0.39, 0.29) is 12.4 Å². The molecule has 0 saturated carbocycles. The van der Waals surface area contributed by atoms with E-state index in [9.17, 15) is 4.79 Å². The molecule has 5 heteroatoms. The number of ether oxygens (including phenoxy) is 1. The lowest BCUT2D eigenvalue weighted by Gasteiger charge is -2.07. The van der Waals surface area contributed by atoms with E-state index in [0.717, 1.165) is 14.8 Å². The van der Waals surface area contributed by atoms with Gasteiger partial charge in [-0.1, -0.05) is 12.1 Å². The lowest BCUT2D eigenvalue weighted by Crippen LogP contribution is -2.11. The Bertz CT molecular complexity index is 342. The third-order valence-corrected chi connectivity index (χ3v) is 3.07. The molecule has 0 aliphatic rings. The van der Waals surface area contributed by atoms with E-state index in [2.05, 4.69) is 32.8 Å². The van der Waals surface area contributed by atoms with Gasteiger partial charge in [0.25, 0.3) is 0 Å². The maximum Gasteiger partial charge on any atom is 0.310 e. The molecule has 0 spiro atoms. The van der Waals surface area contributed by atoms with Crippen LogP contribution in [0.15, 0.2) is 18.2 Å². The standard InChI is InChI=1S/C9H11IN2O2/c1-14-8(13)5-6-3-2-4-7(12-11)9(6)10/h2-4,12H,5,11H2,1H3. The van der Waals surface area contributed by atoms with Gasteiger partial charge in [-0.2, -0.15) is 0 Å². The first-order valence-corrected chi connectivity index (χ1v) is 5.07. The Morgan fingerprint density at radius 3 is 2.93 bits per heavy atom. The minimum atomic E-state index is -0.253. The van der Waals surface area contributed by atoms with Crippen molar-refractivity contribution in [2.24, 2.45) is 5.84 Å². The number of rotatable bonds is 3. The van der Waals surface area contributed by atoms with Crippen LogP contribution in [0.5, 0.6) is 0 Å². The molecule has 1 aromatic rings. The first-order valence-electron chi connectivity index (χ1n) is 4.00. The molecule has 0 amide bonds. The van der Waals surface area contributed by atoms with Crippen molar-refractivity contribution in [2.75, 3.05) is 12.5 Å². The van der Waals surface area contributed by atoms with Crippen molar-refractivity contribution in [3.63, 3.8) is 0 Å². The van der Waals surface area contributed by atoms with Gasteiger partial charge in [0, 0.05) is 3.57 Å². The second-order valence-corrected chi connectivity index (χ2v) is 3.75. The maximum absolute atomic E-state index is 11.1. The summed E-state index contributed by atoms with van der Waals surface area (Å²) in [5.74, 6) is 5.06. The molecule has 76 valence electrons. The number of anilines is 1. The molecular formula is C9H11IN2O2. The van der Waals surface area contributed by atoms with Gasteiger partial charge in [-0.3, -0.25) is 10.6 Å². The molecule has 0 saturated heterocycles. The fourth-order valence-electron chi connectivity index (χ4n) is 1.06. The van der Waals surface area contributed by atoms with Crippen molar-refractivity contribution >= 4 is 34.2 Å². The van der Waals surface area contributed by atoms with Crippen LogP contribution in [-0.2, 0) is 16.0 Å². The highest BCUT2D eigenvalue weighted by molar-refractivity contribution is 14.1. The quantitative estimate of drug-likeness (QED) is 0.382. The average Bonchev–Trinajstić information content (AvgIpc) is 2.21. The van der Waals surface area contributed by atoms with Crippen LogP contribution in [0.4, 0.5) is 5.69 Å². The number of nitrogen functional groups attached to an aromatic ring is 1. The Morgan fingerprint density at radius 1 is 1.64 bits per heavy atom. The highest BCUT2D eigenvalue weighted by Crippen LogP contribution is 2.21. The number of methoxy groups -OCH3 is 1. The van der Waals surface area contributed by atoms with Gasteiger partial charge in [0.2, 0.25) is 0 Å². The number of hydrogen-bond acceptors (Lipinski definition) is 4. The van der Waals surface area contributed by atoms with E-state index in [4.69, 9.17) is 5.84 Å². The van der Waals surface area contributed by atoms with Gasteiger partial charge in [0.1, 0.15) is 0 Å². The molecule has 0 aliphatic heterocycles. The molecule has 3 N–H and O–H groups in total. The Morgan fingerprint density at radius 2 is 2.36 bits per heavy atom. The first-order chi connectivity index (χ1) is 6.69. The number of esters is 1. The Balaban J connectivity index is 2.92. The lowest BCUT2D eigenvalue weighted by molar-refractivity contribution is -0.139. The number of carbonyl (C=O) groups excluding carboxylic acids is 1. The number of halogens is 1. The fourth-order valence-corrected chi connectivity index (χ4v) is 1.76. The second kappa shape index (κ2) is 5.16. The first kappa shape index (κ1) is 11.3. The van der Waals surface area contributed by atoms with Gasteiger partial charge in [0.15, 0.2) is 0 Å². The predicted molar refractivity (Wildman–Crippen MR) is 62.7 cm³/mol. The third kappa shape index (κ3) is 2.58. The maximum atomic E-state index is 11.1. The molecule has 0 unspecified atom stereocenters. The highest BCUT2D eigenvalue weighted by Gasteiger charge is 2.08. The van der Waals surface area contributed by atoms with E-state index in [1.54, 1.807) is 0 Å². The molecule has 0 aromatic heterocycles. The molecular weight excluding hydrogens is 295 g/mol. The summed E-state index contributed by atoms with van der Waals surface area (Å²) in [6.45, 7) is 0. The Kier molecular flexibility index (Phi) is 4.15. The molecule has 0 atom stereocenters. The number of carbonyl (C=O) groups is 1. The monoisotopic (exact) mass is 306 g/mol. The van der Waals surface area contributed by atoms with Crippen molar-refractivity contribution in [1.82, 2.24) is 0 Å². The summed E-state index contributed by atoms with van der Waals surface area (Å²) in [7, 11) is 1.38. The minimum Gasteiger partial charge on any atom is -0.469 e. The summed E-state index contributed by atoms with van der Waals surface area (Å²) in [4.78, 5) is 11.1. The van der Waals surface area contributed by atoms with Crippen molar-refractivity contribution in [3.8, 4) is 0 Å². The summed E-state index contributed by atoms with van der Waals surface area (Å²) >= 11 is 2.14. The smallest absolute Gasteiger partial charge is 0.310 e. The van der Waals surface area contributed by atoms with Gasteiger partial charge < -0.3 is 10.2 Å². The number of nitrogens with one attached hydrogen (secondary N) is 1. The summed E-state index contributed by atoms with van der Waals surface area (Å²) in [6, 6.07) is 5.57. The van der Waals surface area contributed by atoms with E-state index >= 15 is 0 Å². The summed E-state index contributed by atoms with van der Waals surface area (Å²) in [5.41, 5.74) is 4.29. The van der Waals surface area contributed by atoms with Gasteiger partial charge in [-0.25, -0.2) is 0 Å². The molecule has 0 heterocycles. The van der Waals surface area contributed by atoms with Gasteiger partial charge in [-0.05, 0) is 34.2 Å². The third-order valence-electron chi connectivity index (χ3n) is 1.80. The van der Waals surface area contributed by atoms with Gasteiger partial charge in [-0.15, -0.1) is 0 Å². The van der Waals surface area contributed by atoms with Gasteiger partial charge >= 0.3 is 5.97 Å². The number of hydrogen-bond donors (Lipinski definition) is 2. The van der Waals surface area contributed by atoms with Crippen LogP contribution in [0.1, 0.15) is 5.56 Å². The van der Waals surface area contributed by atoms with Gasteiger partial charge in [0.05, 0.1) is 19.2 Å². The van der Waals surface area contributed by atoms with Crippen molar-refractivity contribution < 1.29 is 9.53 Å². The SMILES string of the molecule is COC(=O)Cc1cccc(NN)c1I. The number of benzene rings is 1. The normalized spacial score (nSPS) is 9.64. The summed E-state index contributed by atoms with van der Waals surface area (Å²) in [5, 5.41) is 0. The van der Waals surface area contributed by atoms with Crippen LogP contribution in [0.2, 0.25) is 0 Å². The van der Waals surface area contributed by atoms with Crippen molar-refractivity contribution in [2.45, 2.75) is 6.42 Å². The number of hydrazine groups is 1. The lowest BCUT2D eigenvalue weighted by atomic mass is 10.1. The molecule has 14 heavy (non-hydrogen) atoms. The van der Waals surface area contributed by atoms with Crippen LogP contribution in [0, 0.1) is 3.57 Å². The molecule has 4 nitrogen and oxygen atoms in total. The van der Waals surface area contributed by atoms with Crippen LogP contribution < -0.4 is 11.3 Å². The largest absolute Gasteiger partial charge is 0.469 e. The summed E-state index contributed by atoms with van der Waals surface area (Å²) in [6.07, 6.45) is 0.268. The van der Waals surface area contributed by atoms with Crippen LogP contribution in [-0.4, -0.2) is 13.1 Å². The van der Waals surface area contributed by atoms with E-state index in [0.29, 0.717) is 0 Å². The molecule has 0 bridgehead atoms. The molecule has 0 fully saturated rings. The van der Waals surface area contributed by atoms with Crippen molar-refractivity contribution in [3.05, 3.63) is 27.3 Å². The average molecular weight is 306 g/mol. The molecule has 0 aliphatic carbocycles. The highest BCUT2D eigenvalue weighted by atomic mass is 127. The van der Waals surface area contributed by atoms with E-state index in [1.807, 2.05) is 18.2 Å². The zero-order valence-electron chi connectivity index (χ0n) is 7.71. The van der Waals surface area contributed by atoms with E-state index in [1.165, 1.54) is 7.11 Å². The fraction of sp³-hybridized carbons (Fsp3) is 0.222. The summed E-state index contributed by atoms with van der Waals surface area (Å²) < 4.78 is 5.53. The Labute approximate surface area is 95.9 Å². The zero-order valence-corrected chi connectivity index (χ0v) is 9.87. The van der Waals surface area contributed by atoms with Crippen LogP contribution >= 0.6 is 22.6 Å². The zero-order chi connectivity index (χ0) is 10.6. The minimum absolute atomic E-state index is 0.253. The molecule has 1 rings (SSSR count).